The van der Waals surface area contributed by atoms with E-state index in [0.717, 1.165) is 25.7 Å². The third-order valence-electron chi connectivity index (χ3n) is 5.32. The summed E-state index contributed by atoms with van der Waals surface area (Å²) in [4.78, 5) is 23.3. The van der Waals surface area contributed by atoms with E-state index in [1.807, 2.05) is 0 Å². The first kappa shape index (κ1) is 23.8. The highest BCUT2D eigenvalue weighted by Gasteiger charge is 2.43. The molecule has 0 aliphatic heterocycles. The van der Waals surface area contributed by atoms with Gasteiger partial charge < -0.3 is 20.1 Å². The summed E-state index contributed by atoms with van der Waals surface area (Å²) >= 11 is 0. The molecule has 0 radical (unpaired) electrons. The van der Waals surface area contributed by atoms with E-state index < -0.39 is 30.1 Å². The molecule has 1 aliphatic carbocycles. The van der Waals surface area contributed by atoms with Gasteiger partial charge in [0.15, 0.2) is 0 Å². The Morgan fingerprint density at radius 1 is 1.19 bits per heavy atom. The van der Waals surface area contributed by atoms with Crippen LogP contribution in [0.3, 0.4) is 0 Å². The van der Waals surface area contributed by atoms with E-state index in [1.54, 1.807) is 12.2 Å². The Kier molecular flexibility index (Phi) is 11.5. The maximum Gasteiger partial charge on any atom is 0.305 e. The molecule has 1 saturated carbocycles. The van der Waals surface area contributed by atoms with E-state index in [4.69, 9.17) is 0 Å². The molecule has 5 atom stereocenters. The van der Waals surface area contributed by atoms with Crippen molar-refractivity contribution in [3.8, 4) is 0 Å². The lowest BCUT2D eigenvalue weighted by Gasteiger charge is -2.23. The second-order valence-electron chi connectivity index (χ2n) is 7.53. The average molecular weight is 385 g/mol. The molecule has 0 aromatic heterocycles. The van der Waals surface area contributed by atoms with Crippen molar-refractivity contribution in [1.82, 2.24) is 0 Å². The van der Waals surface area contributed by atoms with E-state index in [0.29, 0.717) is 32.1 Å². The quantitative estimate of drug-likeness (QED) is 0.256. The monoisotopic (exact) mass is 384 g/mol. The van der Waals surface area contributed by atoms with Gasteiger partial charge in [-0.15, -0.1) is 0 Å². The van der Waals surface area contributed by atoms with Crippen molar-refractivity contribution in [2.45, 2.75) is 89.4 Å². The number of ether oxygens (including phenoxy) is 1. The summed E-state index contributed by atoms with van der Waals surface area (Å²) < 4.78 is 4.59. The zero-order valence-electron chi connectivity index (χ0n) is 16.7. The Labute approximate surface area is 162 Å². The number of hydrogen-bond acceptors (Lipinski definition) is 6. The number of unbranched alkanes of at least 4 members (excludes halogenated alkanes) is 4. The van der Waals surface area contributed by atoms with Crippen LogP contribution in [-0.2, 0) is 14.3 Å². The standard InChI is InChI=1S/C21H36O6/c1-3-4-6-9-15(22)12-13-16-18(24)14-19(25)21(16)17(23)10-7-5-8-11-20(26)27-2/h12-13,15-18,21-24H,3-11,14H2,1-2H3/b13-12+. The number of aliphatic hydroxyl groups is 3. The molecule has 0 spiro atoms. The molecule has 1 rings (SSSR count). The first-order valence-electron chi connectivity index (χ1n) is 10.2. The summed E-state index contributed by atoms with van der Waals surface area (Å²) in [6.07, 6.45) is 7.90. The van der Waals surface area contributed by atoms with Crippen molar-refractivity contribution in [2.75, 3.05) is 7.11 Å². The predicted molar refractivity (Wildman–Crippen MR) is 103 cm³/mol. The molecule has 0 aromatic carbocycles. The molecule has 1 aliphatic rings. The minimum Gasteiger partial charge on any atom is -0.469 e. The molecule has 156 valence electrons. The molecule has 0 saturated heterocycles. The summed E-state index contributed by atoms with van der Waals surface area (Å²) in [6, 6.07) is 0. The third kappa shape index (κ3) is 8.54. The predicted octanol–water partition coefficient (Wildman–Crippen LogP) is 2.53. The zero-order chi connectivity index (χ0) is 20.2. The zero-order valence-corrected chi connectivity index (χ0v) is 16.7. The number of aliphatic hydroxyl groups excluding tert-OH is 3. The average Bonchev–Trinajstić information content (AvgIpc) is 2.92. The smallest absolute Gasteiger partial charge is 0.305 e. The van der Waals surface area contributed by atoms with Crippen LogP contribution in [0.5, 0.6) is 0 Å². The molecular weight excluding hydrogens is 348 g/mol. The molecule has 0 aromatic rings. The molecule has 3 N–H and O–H groups in total. The molecule has 6 heteroatoms. The Morgan fingerprint density at radius 2 is 1.89 bits per heavy atom. The van der Waals surface area contributed by atoms with Crippen LogP contribution in [0, 0.1) is 11.8 Å². The second-order valence-corrected chi connectivity index (χ2v) is 7.53. The maximum absolute atomic E-state index is 12.2. The van der Waals surface area contributed by atoms with Crippen LogP contribution in [0.4, 0.5) is 0 Å². The fourth-order valence-electron chi connectivity index (χ4n) is 3.69. The summed E-state index contributed by atoms with van der Waals surface area (Å²) in [6.45, 7) is 2.10. The number of carbonyl (C=O) groups excluding carboxylic acids is 2. The van der Waals surface area contributed by atoms with Gasteiger partial charge in [-0.25, -0.2) is 0 Å². The number of methoxy groups -OCH3 is 1. The lowest BCUT2D eigenvalue weighted by molar-refractivity contribution is -0.140. The summed E-state index contributed by atoms with van der Waals surface area (Å²) in [5.74, 6) is -1.45. The van der Waals surface area contributed by atoms with Crippen molar-refractivity contribution in [1.29, 1.82) is 0 Å². The Bertz CT molecular complexity index is 475. The van der Waals surface area contributed by atoms with Crippen LogP contribution in [0.1, 0.15) is 71.1 Å². The van der Waals surface area contributed by atoms with Crippen LogP contribution < -0.4 is 0 Å². The molecule has 0 heterocycles. The Balaban J connectivity index is 2.49. The summed E-state index contributed by atoms with van der Waals surface area (Å²) in [5, 5.41) is 30.7. The van der Waals surface area contributed by atoms with Gasteiger partial charge in [0, 0.05) is 18.8 Å². The first-order chi connectivity index (χ1) is 12.9. The second kappa shape index (κ2) is 13.0. The van der Waals surface area contributed by atoms with Gasteiger partial charge in [-0.1, -0.05) is 51.2 Å². The molecule has 0 bridgehead atoms. The van der Waals surface area contributed by atoms with Gasteiger partial charge in [-0.2, -0.15) is 0 Å². The number of hydrogen-bond donors (Lipinski definition) is 3. The van der Waals surface area contributed by atoms with E-state index in [2.05, 4.69) is 11.7 Å². The van der Waals surface area contributed by atoms with E-state index >= 15 is 0 Å². The lowest BCUT2D eigenvalue weighted by atomic mass is 9.86. The molecule has 1 fully saturated rings. The Hall–Kier alpha value is -1.24. The first-order valence-corrected chi connectivity index (χ1v) is 10.2. The van der Waals surface area contributed by atoms with E-state index in [-0.39, 0.29) is 18.2 Å². The summed E-state index contributed by atoms with van der Waals surface area (Å²) in [5.41, 5.74) is 0. The van der Waals surface area contributed by atoms with Gasteiger partial charge in [-0.3, -0.25) is 9.59 Å². The number of rotatable bonds is 13. The normalized spacial score (nSPS) is 25.1. The molecule has 6 nitrogen and oxygen atoms in total. The maximum atomic E-state index is 12.2. The fourth-order valence-corrected chi connectivity index (χ4v) is 3.69. The highest BCUT2D eigenvalue weighted by Crippen LogP contribution is 2.34. The van der Waals surface area contributed by atoms with Gasteiger partial charge in [-0.05, 0) is 19.3 Å². The number of esters is 1. The largest absolute Gasteiger partial charge is 0.469 e. The van der Waals surface area contributed by atoms with Crippen LogP contribution in [0.25, 0.3) is 0 Å². The lowest BCUT2D eigenvalue weighted by Crippen LogP contribution is -2.30. The van der Waals surface area contributed by atoms with E-state index in [1.165, 1.54) is 7.11 Å². The minimum atomic E-state index is -0.820. The minimum absolute atomic E-state index is 0.0466. The van der Waals surface area contributed by atoms with Gasteiger partial charge in [0.25, 0.3) is 0 Å². The topological polar surface area (TPSA) is 104 Å². The number of carbonyl (C=O) groups is 2. The summed E-state index contributed by atoms with van der Waals surface area (Å²) in [7, 11) is 1.36. The molecule has 27 heavy (non-hydrogen) atoms. The Morgan fingerprint density at radius 3 is 2.56 bits per heavy atom. The molecule has 5 unspecified atom stereocenters. The van der Waals surface area contributed by atoms with Gasteiger partial charge >= 0.3 is 5.97 Å². The van der Waals surface area contributed by atoms with Crippen LogP contribution >= 0.6 is 0 Å². The van der Waals surface area contributed by atoms with Crippen molar-refractivity contribution < 1.29 is 29.6 Å². The van der Waals surface area contributed by atoms with Crippen molar-refractivity contribution in [2.24, 2.45) is 11.8 Å². The van der Waals surface area contributed by atoms with Crippen molar-refractivity contribution >= 4 is 11.8 Å². The number of ketones is 1. The fraction of sp³-hybridized carbons (Fsp3) is 0.810. The van der Waals surface area contributed by atoms with Gasteiger partial charge in [0.2, 0.25) is 0 Å². The van der Waals surface area contributed by atoms with Crippen LogP contribution in [0.2, 0.25) is 0 Å². The number of Topliss-reactive ketones (excluding diaryl/α,β-unsaturated/α-hetero) is 1. The van der Waals surface area contributed by atoms with Crippen molar-refractivity contribution in [3.05, 3.63) is 12.2 Å². The third-order valence-corrected chi connectivity index (χ3v) is 5.32. The molecular formula is C21H36O6. The highest BCUT2D eigenvalue weighted by atomic mass is 16.5. The van der Waals surface area contributed by atoms with Gasteiger partial charge in [0.05, 0.1) is 31.3 Å². The van der Waals surface area contributed by atoms with Crippen LogP contribution in [0.15, 0.2) is 12.2 Å². The van der Waals surface area contributed by atoms with Gasteiger partial charge in [0.1, 0.15) is 5.78 Å². The SMILES string of the molecule is CCCCCC(O)/C=C/C1C(O)CC(=O)C1C(O)CCCCCC(=O)OC. The molecule has 0 amide bonds. The highest BCUT2D eigenvalue weighted by molar-refractivity contribution is 5.85. The van der Waals surface area contributed by atoms with Crippen LogP contribution in [-0.4, -0.2) is 52.5 Å². The van der Waals surface area contributed by atoms with E-state index in [9.17, 15) is 24.9 Å². The van der Waals surface area contributed by atoms with Crippen molar-refractivity contribution in [3.63, 3.8) is 0 Å².